The molecule has 4 rings (SSSR count). The zero-order chi connectivity index (χ0) is 23.0. The van der Waals surface area contributed by atoms with Gasteiger partial charge in [0.25, 0.3) is 0 Å². The van der Waals surface area contributed by atoms with Gasteiger partial charge in [0.2, 0.25) is 5.91 Å². The van der Waals surface area contributed by atoms with Crippen molar-refractivity contribution in [3.8, 4) is 0 Å². The minimum Gasteiger partial charge on any atom is -0.443 e. The first-order chi connectivity index (χ1) is 15.1. The molecule has 1 aromatic heterocycles. The van der Waals surface area contributed by atoms with E-state index in [1.54, 1.807) is 25.3 Å². The quantitative estimate of drug-likeness (QED) is 0.653. The first-order valence-electron chi connectivity index (χ1n) is 10.7. The van der Waals surface area contributed by atoms with Crippen molar-refractivity contribution >= 4 is 23.0 Å². The number of hydrogen-bond acceptors (Lipinski definition) is 5. The van der Waals surface area contributed by atoms with Gasteiger partial charge >= 0.3 is 11.8 Å². The highest BCUT2D eigenvalue weighted by Crippen LogP contribution is 2.26. The molecule has 8 nitrogen and oxygen atoms in total. The van der Waals surface area contributed by atoms with E-state index < -0.39 is 29.7 Å². The molecule has 1 aliphatic heterocycles. The summed E-state index contributed by atoms with van der Waals surface area (Å²) in [4.78, 5) is 43.1. The molecule has 0 bridgehead atoms. The minimum absolute atomic E-state index is 0.179. The summed E-state index contributed by atoms with van der Waals surface area (Å²) in [7, 11) is 0. The van der Waals surface area contributed by atoms with E-state index >= 15 is 0 Å². The van der Waals surface area contributed by atoms with Crippen molar-refractivity contribution in [1.29, 1.82) is 0 Å². The molecule has 3 N–H and O–H groups in total. The van der Waals surface area contributed by atoms with E-state index in [1.165, 1.54) is 0 Å². The number of H-pyrrole nitrogens is 1. The number of aromatic nitrogens is 2. The number of hydrogen-bond donors (Lipinski definition) is 2. The number of nitrogens with zero attached hydrogens (tertiary/aromatic N) is 2. The van der Waals surface area contributed by atoms with Gasteiger partial charge in [-0.15, -0.1) is 0 Å². The second-order valence-electron chi connectivity index (χ2n) is 9.20. The van der Waals surface area contributed by atoms with Crippen LogP contribution in [-0.2, 0) is 28.9 Å². The molecule has 1 unspecified atom stereocenters. The van der Waals surface area contributed by atoms with Crippen LogP contribution in [0.3, 0.4) is 0 Å². The highest BCUT2D eigenvalue weighted by Gasteiger charge is 2.38. The predicted octanol–water partition coefficient (Wildman–Crippen LogP) is 2.59. The van der Waals surface area contributed by atoms with Gasteiger partial charge in [-0.3, -0.25) is 9.36 Å². The molecule has 0 saturated carbocycles. The Balaban J connectivity index is 1.67. The second kappa shape index (κ2) is 8.27. The van der Waals surface area contributed by atoms with E-state index in [0.717, 1.165) is 27.1 Å². The van der Waals surface area contributed by atoms with E-state index in [-0.39, 0.29) is 18.7 Å². The number of amides is 2. The maximum absolute atomic E-state index is 13.5. The maximum Gasteiger partial charge on any atom is 0.417 e. The van der Waals surface area contributed by atoms with Crippen molar-refractivity contribution in [2.24, 2.45) is 5.73 Å². The van der Waals surface area contributed by atoms with Gasteiger partial charge in [0.05, 0.1) is 23.1 Å². The monoisotopic (exact) mass is 436 g/mol. The lowest BCUT2D eigenvalue weighted by molar-refractivity contribution is -0.134. The van der Waals surface area contributed by atoms with Crippen LogP contribution < -0.4 is 11.4 Å². The summed E-state index contributed by atoms with van der Waals surface area (Å²) in [5.74, 6) is -0.521. The van der Waals surface area contributed by atoms with Gasteiger partial charge in [0.1, 0.15) is 5.60 Å². The number of imidazole rings is 1. The third kappa shape index (κ3) is 4.31. The molecule has 0 fully saturated rings. The van der Waals surface area contributed by atoms with Crippen LogP contribution in [0.5, 0.6) is 0 Å². The zero-order valence-electron chi connectivity index (χ0n) is 18.5. The summed E-state index contributed by atoms with van der Waals surface area (Å²) in [5.41, 5.74) is 8.53. The number of imide groups is 1. The Bertz CT molecular complexity index is 1210. The van der Waals surface area contributed by atoms with Crippen molar-refractivity contribution in [2.75, 3.05) is 0 Å². The number of ether oxygens (including phenoxy) is 1. The summed E-state index contributed by atoms with van der Waals surface area (Å²) >= 11 is 0. The molecule has 0 spiro atoms. The second-order valence-corrected chi connectivity index (χ2v) is 9.20. The Morgan fingerprint density at radius 2 is 1.91 bits per heavy atom. The Hall–Kier alpha value is -3.39. The molecule has 0 radical (unpaired) electrons. The smallest absolute Gasteiger partial charge is 0.417 e. The Morgan fingerprint density at radius 1 is 1.19 bits per heavy atom. The fourth-order valence-electron chi connectivity index (χ4n) is 4.20. The van der Waals surface area contributed by atoms with Crippen LogP contribution in [0.4, 0.5) is 4.79 Å². The van der Waals surface area contributed by atoms with Crippen molar-refractivity contribution in [3.05, 3.63) is 70.1 Å². The van der Waals surface area contributed by atoms with E-state index in [0.29, 0.717) is 6.42 Å². The molecule has 2 atom stereocenters. The normalized spacial score (nSPS) is 16.6. The van der Waals surface area contributed by atoms with Gasteiger partial charge in [0, 0.05) is 6.54 Å². The predicted molar refractivity (Wildman–Crippen MR) is 121 cm³/mol. The first-order valence-corrected chi connectivity index (χ1v) is 10.7. The van der Waals surface area contributed by atoms with E-state index in [1.807, 2.05) is 48.5 Å². The van der Waals surface area contributed by atoms with Crippen LogP contribution in [0.1, 0.15) is 31.9 Å². The molecule has 2 amide bonds. The van der Waals surface area contributed by atoms with Gasteiger partial charge < -0.3 is 15.5 Å². The number of nitrogens with two attached hydrogens (primary N) is 1. The summed E-state index contributed by atoms with van der Waals surface area (Å²) in [5, 5.41) is 0. The van der Waals surface area contributed by atoms with Crippen LogP contribution in [0.25, 0.3) is 11.0 Å². The van der Waals surface area contributed by atoms with Crippen LogP contribution in [0, 0.1) is 0 Å². The molecule has 2 aromatic carbocycles. The number of aromatic amines is 1. The third-order valence-corrected chi connectivity index (χ3v) is 5.53. The molecule has 2 heterocycles. The number of benzene rings is 2. The average molecular weight is 437 g/mol. The van der Waals surface area contributed by atoms with Gasteiger partial charge in [0.15, 0.2) is 0 Å². The van der Waals surface area contributed by atoms with Gasteiger partial charge in [-0.25, -0.2) is 14.5 Å². The number of carbonyl (C=O) groups is 2. The molecule has 168 valence electrons. The molecule has 8 heteroatoms. The highest BCUT2D eigenvalue weighted by atomic mass is 16.6. The SMILES string of the molecule is CC(C)(C)OC(=O)N(C(=O)[C@@H](N)Cc1ccccc1)C1Cc2cccc3[nH]c(=O)n(c23)C1. The first kappa shape index (κ1) is 21.8. The number of para-hydroxylation sites is 1. The lowest BCUT2D eigenvalue weighted by Crippen LogP contribution is -2.56. The zero-order valence-corrected chi connectivity index (χ0v) is 18.5. The largest absolute Gasteiger partial charge is 0.443 e. The van der Waals surface area contributed by atoms with Gasteiger partial charge in [-0.2, -0.15) is 0 Å². The fraction of sp³-hybridized carbons (Fsp3) is 0.375. The summed E-state index contributed by atoms with van der Waals surface area (Å²) in [6.07, 6.45) is -0.0517. The summed E-state index contributed by atoms with van der Waals surface area (Å²) in [6, 6.07) is 13.5. The van der Waals surface area contributed by atoms with Gasteiger partial charge in [-0.05, 0) is 50.8 Å². The minimum atomic E-state index is -0.926. The molecular formula is C24H28N4O4. The molecular weight excluding hydrogens is 408 g/mol. The van der Waals surface area contributed by atoms with Gasteiger partial charge in [-0.1, -0.05) is 42.5 Å². The van der Waals surface area contributed by atoms with Crippen molar-refractivity contribution < 1.29 is 14.3 Å². The van der Waals surface area contributed by atoms with E-state index in [4.69, 9.17) is 10.5 Å². The van der Waals surface area contributed by atoms with Crippen molar-refractivity contribution in [1.82, 2.24) is 14.5 Å². The van der Waals surface area contributed by atoms with Crippen LogP contribution in [0.2, 0.25) is 0 Å². The summed E-state index contributed by atoms with van der Waals surface area (Å²) in [6.45, 7) is 5.41. The number of nitrogens with one attached hydrogen (secondary N) is 1. The maximum atomic E-state index is 13.5. The standard InChI is InChI=1S/C24H28N4O4/c1-24(2,3)32-23(31)28(21(29)18(25)12-15-8-5-4-6-9-15)17-13-16-10-7-11-19-20(16)27(14-17)22(30)26-19/h4-11,17-18H,12-14,25H2,1-3H3,(H,26,30)/t17?,18-/m0/s1. The molecule has 0 saturated heterocycles. The lowest BCUT2D eigenvalue weighted by Gasteiger charge is -2.35. The molecule has 0 aliphatic carbocycles. The lowest BCUT2D eigenvalue weighted by atomic mass is 9.98. The molecule has 32 heavy (non-hydrogen) atoms. The fourth-order valence-corrected chi connectivity index (χ4v) is 4.20. The number of carbonyl (C=O) groups excluding carboxylic acids is 2. The summed E-state index contributed by atoms with van der Waals surface area (Å²) < 4.78 is 7.14. The van der Waals surface area contributed by atoms with Crippen LogP contribution in [-0.4, -0.2) is 44.1 Å². The Morgan fingerprint density at radius 3 is 2.59 bits per heavy atom. The topological polar surface area (TPSA) is 110 Å². The van der Waals surface area contributed by atoms with Crippen molar-refractivity contribution in [2.45, 2.75) is 57.8 Å². The Kier molecular flexibility index (Phi) is 5.64. The average Bonchev–Trinajstić information content (AvgIpc) is 3.04. The Labute approximate surface area is 186 Å². The molecule has 1 aliphatic rings. The highest BCUT2D eigenvalue weighted by molar-refractivity contribution is 5.96. The van der Waals surface area contributed by atoms with Crippen LogP contribution in [0.15, 0.2) is 53.3 Å². The van der Waals surface area contributed by atoms with E-state index in [9.17, 15) is 14.4 Å². The van der Waals surface area contributed by atoms with E-state index in [2.05, 4.69) is 4.98 Å². The van der Waals surface area contributed by atoms with Crippen molar-refractivity contribution in [3.63, 3.8) is 0 Å². The van der Waals surface area contributed by atoms with Crippen LogP contribution >= 0.6 is 0 Å². The third-order valence-electron chi connectivity index (χ3n) is 5.53. The molecule has 3 aromatic rings. The number of rotatable bonds is 4.